The van der Waals surface area contributed by atoms with Crippen molar-refractivity contribution in [2.24, 2.45) is 17.3 Å². The highest BCUT2D eigenvalue weighted by atomic mass is 14.5. The fourth-order valence-electron chi connectivity index (χ4n) is 3.34. The molecule has 2 unspecified atom stereocenters. The van der Waals surface area contributed by atoms with Crippen molar-refractivity contribution in [3.05, 3.63) is 0 Å². The average molecular weight is 138 g/mol. The van der Waals surface area contributed by atoms with Gasteiger partial charge in [0.05, 0.1) is 0 Å². The van der Waals surface area contributed by atoms with Crippen LogP contribution in [0, 0.1) is 17.3 Å². The van der Waals surface area contributed by atoms with Gasteiger partial charge in [-0.1, -0.05) is 20.3 Å². The van der Waals surface area contributed by atoms with E-state index in [1.807, 2.05) is 0 Å². The van der Waals surface area contributed by atoms with Crippen LogP contribution in [0.4, 0.5) is 0 Å². The lowest BCUT2D eigenvalue weighted by molar-refractivity contribution is 0.273. The Hall–Kier alpha value is 0. The smallest absolute Gasteiger partial charge is 0.0295 e. The Bertz CT molecular complexity index is 139. The zero-order valence-corrected chi connectivity index (χ0v) is 7.19. The zero-order chi connectivity index (χ0) is 7.19. The first kappa shape index (κ1) is 6.69. The van der Waals surface area contributed by atoms with Gasteiger partial charge in [0.15, 0.2) is 0 Å². The monoisotopic (exact) mass is 138 g/mol. The molecule has 0 heteroatoms. The maximum absolute atomic E-state index is 2.51. The fourth-order valence-corrected chi connectivity index (χ4v) is 3.34. The Labute approximate surface area is 64.0 Å². The van der Waals surface area contributed by atoms with E-state index in [-0.39, 0.29) is 0 Å². The molecule has 0 aliphatic heterocycles. The molecule has 2 aliphatic carbocycles. The van der Waals surface area contributed by atoms with Crippen molar-refractivity contribution < 1.29 is 0 Å². The molecule has 58 valence electrons. The van der Waals surface area contributed by atoms with Crippen LogP contribution < -0.4 is 0 Å². The highest BCUT2D eigenvalue weighted by Gasteiger charge is 2.44. The summed E-state index contributed by atoms with van der Waals surface area (Å²) in [5.74, 6) is 2.12. The van der Waals surface area contributed by atoms with Crippen LogP contribution in [-0.2, 0) is 0 Å². The Kier molecular flexibility index (Phi) is 1.33. The Morgan fingerprint density at radius 1 is 1.40 bits per heavy atom. The number of hydrogen-bond acceptors (Lipinski definition) is 0. The van der Waals surface area contributed by atoms with Crippen LogP contribution in [0.3, 0.4) is 0 Å². The molecule has 2 aliphatic rings. The van der Waals surface area contributed by atoms with Gasteiger partial charge in [0, 0.05) is 0 Å². The summed E-state index contributed by atoms with van der Waals surface area (Å²) >= 11 is 0. The lowest BCUT2D eigenvalue weighted by Gasteiger charge is -2.22. The minimum Gasteiger partial charge on any atom is -0.0625 e. The molecule has 0 aromatic carbocycles. The van der Waals surface area contributed by atoms with Crippen molar-refractivity contribution in [3.8, 4) is 0 Å². The van der Waals surface area contributed by atoms with E-state index in [0.717, 1.165) is 17.3 Å². The third-order valence-electron chi connectivity index (χ3n) is 3.79. The van der Waals surface area contributed by atoms with Crippen LogP contribution in [0.5, 0.6) is 0 Å². The van der Waals surface area contributed by atoms with Gasteiger partial charge in [-0.3, -0.25) is 0 Å². The van der Waals surface area contributed by atoms with Gasteiger partial charge in [-0.15, -0.1) is 0 Å². The number of fused-ring (bicyclic) bond motifs is 1. The second-order valence-electron chi connectivity index (χ2n) is 4.79. The Morgan fingerprint density at radius 3 is 2.90 bits per heavy atom. The molecule has 3 atom stereocenters. The van der Waals surface area contributed by atoms with Gasteiger partial charge in [0.1, 0.15) is 0 Å². The van der Waals surface area contributed by atoms with E-state index in [9.17, 15) is 0 Å². The molecule has 2 saturated carbocycles. The molecule has 0 bridgehead atoms. The normalized spacial score (nSPS) is 53.4. The van der Waals surface area contributed by atoms with Gasteiger partial charge in [-0.25, -0.2) is 0 Å². The Balaban J connectivity index is 2.15. The molecule has 0 heterocycles. The summed E-state index contributed by atoms with van der Waals surface area (Å²) < 4.78 is 0. The lowest BCUT2D eigenvalue weighted by atomic mass is 9.83. The molecule has 0 radical (unpaired) electrons. The molecular formula is C10H18. The predicted molar refractivity (Wildman–Crippen MR) is 43.8 cm³/mol. The summed E-state index contributed by atoms with van der Waals surface area (Å²) in [6.45, 7) is 4.93. The minimum atomic E-state index is 0.777. The highest BCUT2D eigenvalue weighted by Crippen LogP contribution is 2.55. The summed E-state index contributed by atoms with van der Waals surface area (Å²) in [5, 5.41) is 0. The lowest BCUT2D eigenvalue weighted by Crippen LogP contribution is -2.13. The first-order valence-corrected chi connectivity index (χ1v) is 4.71. The second-order valence-corrected chi connectivity index (χ2v) is 4.79. The second kappa shape index (κ2) is 1.99. The van der Waals surface area contributed by atoms with E-state index in [2.05, 4.69) is 13.8 Å². The molecular weight excluding hydrogens is 120 g/mol. The van der Waals surface area contributed by atoms with Gasteiger partial charge < -0.3 is 0 Å². The minimum absolute atomic E-state index is 0.777. The first-order valence-electron chi connectivity index (χ1n) is 4.71. The fraction of sp³-hybridized carbons (Fsp3) is 1.00. The molecule has 0 amide bonds. The van der Waals surface area contributed by atoms with Gasteiger partial charge in [0.2, 0.25) is 0 Å². The molecule has 2 rings (SSSR count). The average Bonchev–Trinajstić information content (AvgIpc) is 2.20. The van der Waals surface area contributed by atoms with E-state index in [4.69, 9.17) is 0 Å². The molecule has 0 aromatic rings. The first-order chi connectivity index (χ1) is 4.71. The SMILES string of the molecule is CC1CC2CCC[C@@]2(C)C1. The van der Waals surface area contributed by atoms with E-state index in [0.29, 0.717) is 0 Å². The van der Waals surface area contributed by atoms with E-state index < -0.39 is 0 Å². The maximum atomic E-state index is 2.51. The van der Waals surface area contributed by atoms with Crippen LogP contribution in [-0.4, -0.2) is 0 Å². The number of hydrogen-bond donors (Lipinski definition) is 0. The van der Waals surface area contributed by atoms with Crippen LogP contribution in [0.1, 0.15) is 46.0 Å². The van der Waals surface area contributed by atoms with Crippen molar-refractivity contribution in [1.82, 2.24) is 0 Å². The van der Waals surface area contributed by atoms with E-state index in [1.165, 1.54) is 32.1 Å². The zero-order valence-electron chi connectivity index (χ0n) is 7.19. The van der Waals surface area contributed by atoms with E-state index in [1.54, 1.807) is 0 Å². The van der Waals surface area contributed by atoms with E-state index >= 15 is 0 Å². The molecule has 2 fully saturated rings. The molecule has 0 nitrogen and oxygen atoms in total. The number of rotatable bonds is 0. The van der Waals surface area contributed by atoms with Gasteiger partial charge in [-0.2, -0.15) is 0 Å². The van der Waals surface area contributed by atoms with Gasteiger partial charge in [0.25, 0.3) is 0 Å². The third kappa shape index (κ3) is 0.810. The molecule has 10 heavy (non-hydrogen) atoms. The Morgan fingerprint density at radius 2 is 2.20 bits per heavy atom. The summed E-state index contributed by atoms with van der Waals surface area (Å²) in [4.78, 5) is 0. The quantitative estimate of drug-likeness (QED) is 0.482. The van der Waals surface area contributed by atoms with Gasteiger partial charge >= 0.3 is 0 Å². The van der Waals surface area contributed by atoms with Crippen molar-refractivity contribution in [2.45, 2.75) is 46.0 Å². The predicted octanol–water partition coefficient (Wildman–Crippen LogP) is 3.22. The maximum Gasteiger partial charge on any atom is -0.0295 e. The summed E-state index contributed by atoms with van der Waals surface area (Å²) in [5.41, 5.74) is 0.777. The summed E-state index contributed by atoms with van der Waals surface area (Å²) in [6, 6.07) is 0. The van der Waals surface area contributed by atoms with Crippen LogP contribution in [0.2, 0.25) is 0 Å². The van der Waals surface area contributed by atoms with Crippen LogP contribution >= 0.6 is 0 Å². The van der Waals surface area contributed by atoms with Crippen molar-refractivity contribution in [1.29, 1.82) is 0 Å². The molecule has 0 N–H and O–H groups in total. The summed E-state index contributed by atoms with van der Waals surface area (Å²) in [7, 11) is 0. The van der Waals surface area contributed by atoms with Crippen LogP contribution in [0.25, 0.3) is 0 Å². The molecule has 0 aromatic heterocycles. The largest absolute Gasteiger partial charge is 0.0625 e. The van der Waals surface area contributed by atoms with Crippen molar-refractivity contribution in [3.63, 3.8) is 0 Å². The van der Waals surface area contributed by atoms with Crippen molar-refractivity contribution >= 4 is 0 Å². The van der Waals surface area contributed by atoms with Crippen molar-refractivity contribution in [2.75, 3.05) is 0 Å². The molecule has 0 saturated heterocycles. The highest BCUT2D eigenvalue weighted by molar-refractivity contribution is 4.95. The third-order valence-corrected chi connectivity index (χ3v) is 3.79. The van der Waals surface area contributed by atoms with Gasteiger partial charge in [-0.05, 0) is 42.9 Å². The summed E-state index contributed by atoms with van der Waals surface area (Å²) in [6.07, 6.45) is 7.59. The molecule has 0 spiro atoms. The van der Waals surface area contributed by atoms with Crippen LogP contribution in [0.15, 0.2) is 0 Å². The topological polar surface area (TPSA) is 0 Å². The standard InChI is InChI=1S/C10H18/c1-8-6-9-4-3-5-10(9,2)7-8/h8-9H,3-7H2,1-2H3/t8?,9?,10-/m0/s1.